The van der Waals surface area contributed by atoms with Crippen molar-refractivity contribution >= 4 is 34.8 Å². The second-order valence-electron chi connectivity index (χ2n) is 5.27. The molecule has 1 amide bonds. The molecule has 4 nitrogen and oxygen atoms in total. The number of quaternary nitrogens is 1. The van der Waals surface area contributed by atoms with Gasteiger partial charge in [0.05, 0.1) is 10.0 Å². The number of halogens is 2. The first kappa shape index (κ1) is 15.6. The fourth-order valence-electron chi connectivity index (χ4n) is 2.54. The van der Waals surface area contributed by atoms with E-state index in [1.54, 1.807) is 18.2 Å². The van der Waals surface area contributed by atoms with E-state index in [1.807, 2.05) is 13.8 Å². The molecule has 1 aromatic carbocycles. The lowest BCUT2D eigenvalue weighted by Crippen LogP contribution is -3.16. The molecule has 0 bridgehead atoms. The van der Waals surface area contributed by atoms with E-state index >= 15 is 0 Å². The summed E-state index contributed by atoms with van der Waals surface area (Å²) >= 11 is 11.8. The van der Waals surface area contributed by atoms with Crippen LogP contribution < -0.4 is 10.2 Å². The first-order valence-corrected chi connectivity index (χ1v) is 7.43. The van der Waals surface area contributed by atoms with Crippen LogP contribution in [0, 0.1) is 0 Å². The number of morpholine rings is 1. The van der Waals surface area contributed by atoms with Gasteiger partial charge in [0.25, 0.3) is 5.91 Å². The zero-order valence-corrected chi connectivity index (χ0v) is 13.1. The van der Waals surface area contributed by atoms with Crippen molar-refractivity contribution in [2.24, 2.45) is 0 Å². The van der Waals surface area contributed by atoms with Gasteiger partial charge in [0.15, 0.2) is 6.54 Å². The van der Waals surface area contributed by atoms with Crippen molar-refractivity contribution < 1.29 is 14.4 Å². The fraction of sp³-hybridized carbons (Fsp3) is 0.500. The van der Waals surface area contributed by atoms with E-state index in [9.17, 15) is 4.79 Å². The average Bonchev–Trinajstić information content (AvgIpc) is 2.32. The number of ether oxygens (including phenoxy) is 1. The highest BCUT2D eigenvalue weighted by Gasteiger charge is 2.27. The molecule has 0 aliphatic carbocycles. The van der Waals surface area contributed by atoms with Gasteiger partial charge in [-0.2, -0.15) is 0 Å². The minimum atomic E-state index is -0.0281. The Hall–Kier alpha value is -0.810. The van der Waals surface area contributed by atoms with Crippen LogP contribution in [0.1, 0.15) is 13.8 Å². The molecule has 2 rings (SSSR count). The number of rotatable bonds is 3. The van der Waals surface area contributed by atoms with Crippen LogP contribution in [0.4, 0.5) is 5.69 Å². The number of benzene rings is 1. The van der Waals surface area contributed by atoms with Crippen LogP contribution in [0.5, 0.6) is 0 Å². The van der Waals surface area contributed by atoms with Gasteiger partial charge in [-0.15, -0.1) is 0 Å². The molecule has 2 N–H and O–H groups in total. The van der Waals surface area contributed by atoms with E-state index in [4.69, 9.17) is 27.9 Å². The summed E-state index contributed by atoms with van der Waals surface area (Å²) in [6, 6.07) is 5.07. The Balaban J connectivity index is 1.90. The first-order chi connectivity index (χ1) is 9.44. The maximum absolute atomic E-state index is 12.0. The van der Waals surface area contributed by atoms with Crippen LogP contribution in [0.15, 0.2) is 18.2 Å². The predicted molar refractivity (Wildman–Crippen MR) is 80.7 cm³/mol. The summed E-state index contributed by atoms with van der Waals surface area (Å²) in [6.45, 7) is 6.19. The second kappa shape index (κ2) is 6.76. The summed E-state index contributed by atoms with van der Waals surface area (Å²) in [5.74, 6) is -0.0281. The van der Waals surface area contributed by atoms with Gasteiger partial charge in [0.1, 0.15) is 25.3 Å². The van der Waals surface area contributed by atoms with E-state index < -0.39 is 0 Å². The van der Waals surface area contributed by atoms with E-state index in [0.717, 1.165) is 13.1 Å². The SMILES string of the molecule is C[C@@H]1C[NH+](CC(=O)Nc2ccc(Cl)c(Cl)c2)C[C@@H](C)O1. The van der Waals surface area contributed by atoms with Gasteiger partial charge < -0.3 is 15.0 Å². The maximum atomic E-state index is 12.0. The summed E-state index contributed by atoms with van der Waals surface area (Å²) in [5, 5.41) is 3.76. The van der Waals surface area contributed by atoms with E-state index in [-0.39, 0.29) is 18.1 Å². The number of hydrogen-bond acceptors (Lipinski definition) is 2. The van der Waals surface area contributed by atoms with Crippen LogP contribution in [-0.2, 0) is 9.53 Å². The zero-order valence-electron chi connectivity index (χ0n) is 11.6. The molecule has 2 atom stereocenters. The average molecular weight is 318 g/mol. The topological polar surface area (TPSA) is 42.8 Å². The highest BCUT2D eigenvalue weighted by Crippen LogP contribution is 2.24. The fourth-order valence-corrected chi connectivity index (χ4v) is 2.84. The standard InChI is InChI=1S/C14H18Cl2N2O2/c1-9-6-18(7-10(2)20-9)8-14(19)17-11-3-4-12(15)13(16)5-11/h3-5,9-10H,6-8H2,1-2H3,(H,17,19)/p+1/t9-,10-/m1/s1. The molecule has 0 radical (unpaired) electrons. The Morgan fingerprint density at radius 1 is 1.30 bits per heavy atom. The molecular weight excluding hydrogens is 299 g/mol. The molecule has 0 saturated carbocycles. The van der Waals surface area contributed by atoms with Crippen LogP contribution >= 0.6 is 23.2 Å². The van der Waals surface area contributed by atoms with Crippen molar-refractivity contribution in [3.63, 3.8) is 0 Å². The molecule has 1 aromatic rings. The lowest BCUT2D eigenvalue weighted by molar-refractivity contribution is -0.907. The number of carbonyl (C=O) groups excluding carboxylic acids is 1. The van der Waals surface area contributed by atoms with Gasteiger partial charge in [0.2, 0.25) is 0 Å². The molecule has 1 fully saturated rings. The van der Waals surface area contributed by atoms with Gasteiger partial charge in [-0.1, -0.05) is 23.2 Å². The highest BCUT2D eigenvalue weighted by molar-refractivity contribution is 6.42. The molecule has 0 spiro atoms. The molecule has 1 aliphatic rings. The van der Waals surface area contributed by atoms with Crippen LogP contribution in [-0.4, -0.2) is 37.7 Å². The number of anilines is 1. The minimum absolute atomic E-state index is 0.0281. The van der Waals surface area contributed by atoms with Crippen molar-refractivity contribution in [3.8, 4) is 0 Å². The Labute approximate surface area is 129 Å². The maximum Gasteiger partial charge on any atom is 0.279 e. The summed E-state index contributed by atoms with van der Waals surface area (Å²) in [7, 11) is 0. The number of carbonyl (C=O) groups is 1. The predicted octanol–water partition coefficient (Wildman–Crippen LogP) is 1.62. The smallest absolute Gasteiger partial charge is 0.279 e. The number of hydrogen-bond donors (Lipinski definition) is 2. The Morgan fingerprint density at radius 2 is 1.95 bits per heavy atom. The van der Waals surface area contributed by atoms with Crippen LogP contribution in [0.2, 0.25) is 10.0 Å². The molecule has 0 unspecified atom stereocenters. The highest BCUT2D eigenvalue weighted by atomic mass is 35.5. The van der Waals surface area contributed by atoms with Crippen molar-refractivity contribution in [2.45, 2.75) is 26.1 Å². The Kier molecular flexibility index (Phi) is 5.27. The quantitative estimate of drug-likeness (QED) is 0.889. The summed E-state index contributed by atoms with van der Waals surface area (Å²) < 4.78 is 5.66. The number of nitrogens with one attached hydrogen (secondary N) is 2. The van der Waals surface area contributed by atoms with Crippen LogP contribution in [0.25, 0.3) is 0 Å². The molecule has 1 aliphatic heterocycles. The van der Waals surface area contributed by atoms with Crippen molar-refractivity contribution in [1.82, 2.24) is 0 Å². The molecular formula is C14H19Cl2N2O2+. The van der Waals surface area contributed by atoms with Crippen LogP contribution in [0.3, 0.4) is 0 Å². The Morgan fingerprint density at radius 3 is 2.55 bits per heavy atom. The third kappa shape index (κ3) is 4.35. The van der Waals surface area contributed by atoms with Gasteiger partial charge in [0, 0.05) is 5.69 Å². The van der Waals surface area contributed by atoms with Gasteiger partial charge in [-0.3, -0.25) is 4.79 Å². The van der Waals surface area contributed by atoms with Crippen molar-refractivity contribution in [1.29, 1.82) is 0 Å². The second-order valence-corrected chi connectivity index (χ2v) is 6.08. The van der Waals surface area contributed by atoms with Gasteiger partial charge in [-0.25, -0.2) is 0 Å². The Bertz CT molecular complexity index is 486. The normalized spacial score (nSPS) is 26.3. The lowest BCUT2D eigenvalue weighted by Gasteiger charge is -2.31. The molecule has 0 aromatic heterocycles. The van der Waals surface area contributed by atoms with Gasteiger partial charge >= 0.3 is 0 Å². The first-order valence-electron chi connectivity index (χ1n) is 6.68. The molecule has 20 heavy (non-hydrogen) atoms. The molecule has 110 valence electrons. The molecule has 6 heteroatoms. The summed E-state index contributed by atoms with van der Waals surface area (Å²) in [5.41, 5.74) is 0.665. The van der Waals surface area contributed by atoms with Crippen molar-refractivity contribution in [2.75, 3.05) is 25.0 Å². The minimum Gasteiger partial charge on any atom is -0.364 e. The van der Waals surface area contributed by atoms with Gasteiger partial charge in [-0.05, 0) is 32.0 Å². The monoisotopic (exact) mass is 317 g/mol. The number of amides is 1. The zero-order chi connectivity index (χ0) is 14.7. The largest absolute Gasteiger partial charge is 0.364 e. The van der Waals surface area contributed by atoms with Crippen molar-refractivity contribution in [3.05, 3.63) is 28.2 Å². The third-order valence-corrected chi connectivity index (χ3v) is 3.97. The van der Waals surface area contributed by atoms with E-state index in [2.05, 4.69) is 5.32 Å². The lowest BCUT2D eigenvalue weighted by atomic mass is 10.2. The molecule has 1 heterocycles. The summed E-state index contributed by atoms with van der Waals surface area (Å²) in [6.07, 6.45) is 0.373. The van der Waals surface area contributed by atoms with E-state index in [0.29, 0.717) is 22.3 Å². The third-order valence-electron chi connectivity index (χ3n) is 3.23. The van der Waals surface area contributed by atoms with E-state index in [1.165, 1.54) is 4.90 Å². The summed E-state index contributed by atoms with van der Waals surface area (Å²) in [4.78, 5) is 13.3. The molecule has 1 saturated heterocycles.